The molecule has 0 aliphatic carbocycles. The second-order valence-corrected chi connectivity index (χ2v) is 3.44. The zero-order chi connectivity index (χ0) is 11.7. The Morgan fingerprint density at radius 1 is 1.13 bits per heavy atom. The number of aliphatic imine (C=N–C) groups is 1. The molecule has 0 saturated heterocycles. The monoisotopic (exact) mass is 213 g/mol. The second-order valence-electron chi connectivity index (χ2n) is 3.44. The van der Waals surface area contributed by atoms with Crippen molar-refractivity contribution in [2.45, 2.75) is 45.9 Å². The van der Waals surface area contributed by atoms with Crippen LogP contribution in [0.2, 0.25) is 0 Å². The Morgan fingerprint density at radius 2 is 1.80 bits per heavy atom. The summed E-state index contributed by atoms with van der Waals surface area (Å²) < 4.78 is 2.10. The normalized spacial score (nSPS) is 14.2. The highest BCUT2D eigenvalue weighted by Crippen LogP contribution is 1.93. The van der Waals surface area contributed by atoms with Gasteiger partial charge in [-0.25, -0.2) is 4.58 Å². The summed E-state index contributed by atoms with van der Waals surface area (Å²) in [7, 11) is 3.89. The molecule has 0 heterocycles. The molecule has 0 saturated carbocycles. The maximum atomic E-state index is 4.37. The van der Waals surface area contributed by atoms with Crippen molar-refractivity contribution in [1.29, 1.82) is 0 Å². The quantitative estimate of drug-likeness (QED) is 0.378. The van der Waals surface area contributed by atoms with Gasteiger partial charge in [-0.1, -0.05) is 13.8 Å². The molecule has 0 fully saturated rings. The first-order valence-electron chi connectivity index (χ1n) is 5.80. The molecule has 15 heavy (non-hydrogen) atoms. The zero-order valence-electron chi connectivity index (χ0n) is 10.7. The maximum Gasteiger partial charge on any atom is 0.309 e. The predicted molar refractivity (Wildman–Crippen MR) is 64.5 cm³/mol. The average molecular weight is 213 g/mol. The van der Waals surface area contributed by atoms with E-state index >= 15 is 0 Å². The van der Waals surface area contributed by atoms with Crippen molar-refractivity contribution >= 4 is 6.01 Å². The summed E-state index contributed by atoms with van der Waals surface area (Å²) in [5.41, 5.74) is 0. The van der Waals surface area contributed by atoms with Gasteiger partial charge in [0.1, 0.15) is 0 Å². The van der Waals surface area contributed by atoms with Crippen LogP contribution < -0.4 is 10.6 Å². The van der Waals surface area contributed by atoms with E-state index in [1.54, 1.807) is 0 Å². The Bertz CT molecular complexity index is 211. The van der Waals surface area contributed by atoms with Gasteiger partial charge < -0.3 is 0 Å². The molecule has 0 aliphatic rings. The van der Waals surface area contributed by atoms with Crippen LogP contribution in [0.1, 0.15) is 33.6 Å². The van der Waals surface area contributed by atoms with E-state index in [9.17, 15) is 0 Å². The molecule has 0 spiro atoms. The number of hydrogen-bond acceptors (Lipinski definition) is 3. The lowest BCUT2D eigenvalue weighted by atomic mass is 10.3. The fraction of sp³-hybridized carbons (Fsp3) is 0.909. The molecule has 88 valence electrons. The van der Waals surface area contributed by atoms with Gasteiger partial charge in [0.15, 0.2) is 6.17 Å². The van der Waals surface area contributed by atoms with Gasteiger partial charge in [0.2, 0.25) is 6.17 Å². The third-order valence-electron chi connectivity index (χ3n) is 2.50. The summed E-state index contributed by atoms with van der Waals surface area (Å²) in [6.07, 6.45) is 2.53. The topological polar surface area (TPSA) is 39.4 Å². The molecular formula is C11H25N4+. The van der Waals surface area contributed by atoms with E-state index < -0.39 is 0 Å². The average Bonchev–Trinajstić information content (AvgIpc) is 2.29. The van der Waals surface area contributed by atoms with Gasteiger partial charge in [0.25, 0.3) is 0 Å². The third kappa shape index (κ3) is 5.07. The Balaban J connectivity index is 4.68. The van der Waals surface area contributed by atoms with Crippen LogP contribution in [-0.4, -0.2) is 43.6 Å². The standard InChI is InChI=1S/C11H25N4/c1-6-10(12-4)14-9-15(8-3)11(7-2)13-5/h10-13H,6-8H2,1-5H3/q+1. The molecule has 4 heteroatoms. The molecule has 0 aliphatic heterocycles. The van der Waals surface area contributed by atoms with Gasteiger partial charge in [-0.2, -0.15) is 0 Å². The molecule has 2 N–H and O–H groups in total. The van der Waals surface area contributed by atoms with Crippen LogP contribution in [0.4, 0.5) is 0 Å². The van der Waals surface area contributed by atoms with Crippen LogP contribution in [-0.2, 0) is 0 Å². The molecule has 4 nitrogen and oxygen atoms in total. The molecule has 0 aromatic rings. The molecular weight excluding hydrogens is 188 g/mol. The molecule has 2 atom stereocenters. The summed E-state index contributed by atoms with van der Waals surface area (Å²) in [6.45, 7) is 7.30. The first kappa shape index (κ1) is 14.3. The van der Waals surface area contributed by atoms with Gasteiger partial charge >= 0.3 is 6.01 Å². The fourth-order valence-electron chi connectivity index (χ4n) is 1.44. The first-order valence-corrected chi connectivity index (χ1v) is 5.80. The molecule has 0 rings (SSSR count). The maximum absolute atomic E-state index is 4.37. The van der Waals surface area contributed by atoms with Gasteiger partial charge in [0.05, 0.1) is 6.54 Å². The molecule has 0 amide bonds. The third-order valence-corrected chi connectivity index (χ3v) is 2.50. The Morgan fingerprint density at radius 3 is 2.13 bits per heavy atom. The highest BCUT2D eigenvalue weighted by atomic mass is 15.2. The number of nitrogens with one attached hydrogen (secondary N) is 2. The van der Waals surface area contributed by atoms with E-state index in [1.807, 2.05) is 14.1 Å². The van der Waals surface area contributed by atoms with Crippen molar-refractivity contribution in [3.63, 3.8) is 0 Å². The van der Waals surface area contributed by atoms with Crippen LogP contribution in [0, 0.1) is 0 Å². The summed E-state index contributed by atoms with van der Waals surface area (Å²) in [5, 5.41) is 6.38. The predicted octanol–water partition coefficient (Wildman–Crippen LogP) is 1.10. The SMILES string of the molecule is CCC(N=C=[N+](CC)C(CC)NC)NC. The zero-order valence-corrected chi connectivity index (χ0v) is 10.7. The molecule has 0 radical (unpaired) electrons. The van der Waals surface area contributed by atoms with Crippen molar-refractivity contribution in [3.8, 4) is 0 Å². The van der Waals surface area contributed by atoms with Crippen LogP contribution in [0.5, 0.6) is 0 Å². The van der Waals surface area contributed by atoms with E-state index in [0.29, 0.717) is 6.17 Å². The van der Waals surface area contributed by atoms with E-state index in [-0.39, 0.29) is 6.17 Å². The van der Waals surface area contributed by atoms with Gasteiger partial charge in [-0.15, -0.1) is 0 Å². The molecule has 0 aromatic carbocycles. The highest BCUT2D eigenvalue weighted by Gasteiger charge is 2.11. The van der Waals surface area contributed by atoms with Crippen molar-refractivity contribution < 1.29 is 4.58 Å². The molecule has 2 unspecified atom stereocenters. The van der Waals surface area contributed by atoms with E-state index in [0.717, 1.165) is 19.4 Å². The Labute approximate surface area is 93.5 Å². The minimum atomic E-state index is 0.174. The smallest absolute Gasteiger partial charge is 0.281 e. The Hall–Kier alpha value is -0.700. The second kappa shape index (κ2) is 8.60. The van der Waals surface area contributed by atoms with E-state index in [1.165, 1.54) is 0 Å². The van der Waals surface area contributed by atoms with Crippen molar-refractivity contribution in [1.82, 2.24) is 10.6 Å². The van der Waals surface area contributed by atoms with Crippen molar-refractivity contribution in [2.24, 2.45) is 4.99 Å². The van der Waals surface area contributed by atoms with Crippen LogP contribution in [0.15, 0.2) is 4.99 Å². The van der Waals surface area contributed by atoms with E-state index in [4.69, 9.17) is 0 Å². The lowest BCUT2D eigenvalue weighted by Gasteiger charge is -2.12. The van der Waals surface area contributed by atoms with Crippen LogP contribution in [0.3, 0.4) is 0 Å². The summed E-state index contributed by atoms with van der Waals surface area (Å²) >= 11 is 0. The number of rotatable bonds is 7. The summed E-state index contributed by atoms with van der Waals surface area (Å²) in [4.78, 5) is 4.37. The lowest BCUT2D eigenvalue weighted by Crippen LogP contribution is -2.37. The lowest BCUT2D eigenvalue weighted by molar-refractivity contribution is -0.563. The van der Waals surface area contributed by atoms with Gasteiger partial charge in [0, 0.05) is 6.42 Å². The highest BCUT2D eigenvalue weighted by molar-refractivity contribution is 5.34. The minimum absolute atomic E-state index is 0.174. The summed E-state index contributed by atoms with van der Waals surface area (Å²) in [6, 6.07) is 3.11. The molecule has 0 bridgehead atoms. The summed E-state index contributed by atoms with van der Waals surface area (Å²) in [5.74, 6) is 0. The van der Waals surface area contributed by atoms with Crippen LogP contribution in [0.25, 0.3) is 0 Å². The Kier molecular flexibility index (Phi) is 8.19. The number of hydrogen-bond donors (Lipinski definition) is 2. The molecule has 0 aromatic heterocycles. The fourth-order valence-corrected chi connectivity index (χ4v) is 1.44. The van der Waals surface area contributed by atoms with Crippen molar-refractivity contribution in [2.75, 3.05) is 20.6 Å². The van der Waals surface area contributed by atoms with Gasteiger partial charge in [-0.05, 0) is 32.4 Å². The largest absolute Gasteiger partial charge is 0.309 e. The van der Waals surface area contributed by atoms with Gasteiger partial charge in [-0.3, -0.25) is 10.6 Å². The van der Waals surface area contributed by atoms with E-state index in [2.05, 4.69) is 47.0 Å². The number of nitrogens with zero attached hydrogens (tertiary/aromatic N) is 2. The minimum Gasteiger partial charge on any atom is -0.281 e. The van der Waals surface area contributed by atoms with Crippen LogP contribution >= 0.6 is 0 Å². The van der Waals surface area contributed by atoms with Crippen molar-refractivity contribution in [3.05, 3.63) is 0 Å². The first-order chi connectivity index (χ1) is 7.23.